The number of benzene rings is 2. The van der Waals surface area contributed by atoms with Gasteiger partial charge in [-0.25, -0.2) is 8.78 Å². The predicted molar refractivity (Wildman–Crippen MR) is 162 cm³/mol. The van der Waals surface area contributed by atoms with E-state index in [0.717, 1.165) is 45.2 Å². The summed E-state index contributed by atoms with van der Waals surface area (Å²) in [7, 11) is 1.89. The number of ether oxygens (including phenoxy) is 1. The Morgan fingerprint density at radius 3 is 2.67 bits per heavy atom. The minimum absolute atomic E-state index is 0.0152. The summed E-state index contributed by atoms with van der Waals surface area (Å²) in [5.41, 5.74) is 0.395. The Bertz CT molecular complexity index is 1730. The molecule has 2 aromatic carbocycles. The van der Waals surface area contributed by atoms with Crippen LogP contribution in [0, 0.1) is 11.6 Å². The summed E-state index contributed by atoms with van der Waals surface area (Å²) in [5.74, 6) is -0.749. The van der Waals surface area contributed by atoms with Crippen molar-refractivity contribution in [2.24, 2.45) is 0 Å². The van der Waals surface area contributed by atoms with Gasteiger partial charge in [-0.2, -0.15) is 9.97 Å². The van der Waals surface area contributed by atoms with Crippen molar-refractivity contribution in [1.29, 1.82) is 0 Å². The highest BCUT2D eigenvalue weighted by Gasteiger charge is 2.45. The summed E-state index contributed by atoms with van der Waals surface area (Å²) in [6.07, 6.45) is 7.96. The van der Waals surface area contributed by atoms with Crippen LogP contribution in [0.4, 0.5) is 14.6 Å². The lowest BCUT2D eigenvalue weighted by molar-refractivity contribution is -0.125. The van der Waals surface area contributed by atoms with Gasteiger partial charge in [0.15, 0.2) is 5.82 Å². The van der Waals surface area contributed by atoms with Gasteiger partial charge in [0.1, 0.15) is 29.5 Å². The van der Waals surface area contributed by atoms with E-state index in [2.05, 4.69) is 21.4 Å². The Balaban J connectivity index is 1.32. The minimum Gasteiger partial charge on any atom is -0.461 e. The van der Waals surface area contributed by atoms with Gasteiger partial charge in [-0.05, 0) is 62.7 Å². The number of carbonyl (C=O) groups is 1. The fraction of sp³-hybridized carbons (Fsp3) is 0.394. The van der Waals surface area contributed by atoms with Crippen molar-refractivity contribution >= 4 is 33.4 Å². The zero-order valence-corrected chi connectivity index (χ0v) is 24.2. The predicted octanol–water partition coefficient (Wildman–Crippen LogP) is 5.35. The number of aromatic nitrogens is 3. The van der Waals surface area contributed by atoms with Gasteiger partial charge in [0, 0.05) is 43.3 Å². The molecule has 2 aromatic heterocycles. The molecule has 3 aliphatic rings. The number of likely N-dealkylation sites (tertiary alicyclic amines) is 1. The van der Waals surface area contributed by atoms with Crippen LogP contribution in [0.1, 0.15) is 32.1 Å². The van der Waals surface area contributed by atoms with E-state index in [0.29, 0.717) is 47.2 Å². The second-order valence-corrected chi connectivity index (χ2v) is 11.9. The second-order valence-electron chi connectivity index (χ2n) is 11.9. The smallest absolute Gasteiger partial charge is 0.319 e. The van der Waals surface area contributed by atoms with E-state index in [1.807, 2.05) is 11.9 Å². The molecule has 5 heterocycles. The van der Waals surface area contributed by atoms with Gasteiger partial charge in [-0.15, -0.1) is 0 Å². The zero-order valence-electron chi connectivity index (χ0n) is 24.2. The SMILES string of the molecule is C=CC(=O)N1CCC(N(C)c2nc(OCC34CCCN3CCC4)nc3c(F)c(-c4cccc5cccc(F)c45)ncc23)C1. The molecule has 1 atom stereocenters. The van der Waals surface area contributed by atoms with E-state index in [1.54, 1.807) is 41.4 Å². The number of carbonyl (C=O) groups excluding carboxylic acids is 1. The molecule has 7 rings (SSSR count). The van der Waals surface area contributed by atoms with Crippen molar-refractivity contribution in [2.45, 2.75) is 43.7 Å². The van der Waals surface area contributed by atoms with Crippen LogP contribution in [0.5, 0.6) is 6.01 Å². The molecule has 0 bridgehead atoms. The van der Waals surface area contributed by atoms with Crippen molar-refractivity contribution in [2.75, 3.05) is 44.7 Å². The Hall–Kier alpha value is -4.18. The standard InChI is InChI=1S/C33H34F2N6O2/c1-3-26(42)40-17-12-22(19-40)39(2)31-24-18-36-29(23-10-4-8-21-9-5-11-25(34)27(21)23)28(35)30(24)37-32(38-31)43-20-33-13-6-15-41(33)16-7-14-33/h3-5,8-11,18,22H,1,6-7,12-17,19-20H2,2H3. The molecule has 4 aromatic rings. The number of anilines is 1. The Morgan fingerprint density at radius 1 is 1.14 bits per heavy atom. The first-order chi connectivity index (χ1) is 20.9. The van der Waals surface area contributed by atoms with Crippen LogP contribution in [-0.4, -0.2) is 82.1 Å². The highest BCUT2D eigenvalue weighted by atomic mass is 19.1. The summed E-state index contributed by atoms with van der Waals surface area (Å²) >= 11 is 0. The van der Waals surface area contributed by atoms with Crippen molar-refractivity contribution < 1.29 is 18.3 Å². The van der Waals surface area contributed by atoms with Crippen molar-refractivity contribution in [3.05, 3.63) is 66.9 Å². The first-order valence-electron chi connectivity index (χ1n) is 14.9. The van der Waals surface area contributed by atoms with E-state index >= 15 is 8.78 Å². The number of halogens is 2. The van der Waals surface area contributed by atoms with Crippen molar-refractivity contribution in [3.63, 3.8) is 0 Å². The van der Waals surface area contributed by atoms with Crippen LogP contribution in [0.25, 0.3) is 32.9 Å². The Kier molecular flexibility index (Phi) is 6.96. The van der Waals surface area contributed by atoms with Crippen LogP contribution in [0.15, 0.2) is 55.3 Å². The highest BCUT2D eigenvalue weighted by molar-refractivity contribution is 5.99. The van der Waals surface area contributed by atoms with Crippen molar-refractivity contribution in [1.82, 2.24) is 24.8 Å². The first-order valence-corrected chi connectivity index (χ1v) is 14.9. The average molecular weight is 585 g/mol. The largest absolute Gasteiger partial charge is 0.461 e. The lowest BCUT2D eigenvalue weighted by Gasteiger charge is -2.31. The number of rotatable bonds is 7. The van der Waals surface area contributed by atoms with E-state index < -0.39 is 11.6 Å². The van der Waals surface area contributed by atoms with Crippen LogP contribution < -0.4 is 9.64 Å². The fourth-order valence-corrected chi connectivity index (χ4v) is 7.26. The fourth-order valence-electron chi connectivity index (χ4n) is 7.26. The third kappa shape index (κ3) is 4.68. The maximum absolute atomic E-state index is 16.6. The van der Waals surface area contributed by atoms with Gasteiger partial charge in [0.05, 0.1) is 10.9 Å². The summed E-state index contributed by atoms with van der Waals surface area (Å²) < 4.78 is 37.9. The normalized spacial score (nSPS) is 19.7. The number of amides is 1. The first kappa shape index (κ1) is 27.6. The molecule has 8 nitrogen and oxygen atoms in total. The highest BCUT2D eigenvalue weighted by Crippen LogP contribution is 2.40. The molecule has 0 saturated carbocycles. The molecule has 3 fully saturated rings. The summed E-state index contributed by atoms with van der Waals surface area (Å²) in [6, 6.07) is 10.1. The van der Waals surface area contributed by atoms with Crippen LogP contribution in [0.2, 0.25) is 0 Å². The maximum Gasteiger partial charge on any atom is 0.319 e. The van der Waals surface area contributed by atoms with Crippen molar-refractivity contribution in [3.8, 4) is 17.3 Å². The van der Waals surface area contributed by atoms with Gasteiger partial charge in [0.25, 0.3) is 0 Å². The number of pyridine rings is 1. The Morgan fingerprint density at radius 2 is 1.91 bits per heavy atom. The van der Waals surface area contributed by atoms with E-state index in [-0.39, 0.29) is 34.7 Å². The Labute approximate surface area is 249 Å². The van der Waals surface area contributed by atoms with Crippen LogP contribution in [0.3, 0.4) is 0 Å². The summed E-state index contributed by atoms with van der Waals surface area (Å²) in [6.45, 7) is 7.24. The molecule has 0 spiro atoms. The number of hydrogen-bond donors (Lipinski definition) is 0. The third-order valence-electron chi connectivity index (χ3n) is 9.57. The molecule has 43 heavy (non-hydrogen) atoms. The topological polar surface area (TPSA) is 74.7 Å². The lowest BCUT2D eigenvalue weighted by atomic mass is 9.95. The number of fused-ring (bicyclic) bond motifs is 3. The molecule has 0 aliphatic carbocycles. The van der Waals surface area contributed by atoms with Gasteiger partial charge in [-0.3, -0.25) is 14.7 Å². The quantitative estimate of drug-likeness (QED) is 0.271. The lowest BCUT2D eigenvalue weighted by Crippen LogP contribution is -2.43. The number of hydrogen-bond acceptors (Lipinski definition) is 7. The maximum atomic E-state index is 16.6. The molecule has 1 amide bonds. The molecule has 3 aliphatic heterocycles. The van der Waals surface area contributed by atoms with Gasteiger partial charge < -0.3 is 14.5 Å². The van der Waals surface area contributed by atoms with Crippen LogP contribution in [-0.2, 0) is 4.79 Å². The summed E-state index contributed by atoms with van der Waals surface area (Å²) in [5, 5.41) is 1.38. The van der Waals surface area contributed by atoms with Crippen LogP contribution >= 0.6 is 0 Å². The van der Waals surface area contributed by atoms with Gasteiger partial charge >= 0.3 is 6.01 Å². The summed E-state index contributed by atoms with van der Waals surface area (Å²) in [4.78, 5) is 32.4. The number of nitrogens with zero attached hydrogens (tertiary/aromatic N) is 6. The second kappa shape index (κ2) is 10.8. The molecule has 0 radical (unpaired) electrons. The molecule has 222 valence electrons. The van der Waals surface area contributed by atoms with E-state index in [9.17, 15) is 4.79 Å². The average Bonchev–Trinajstić information content (AvgIpc) is 3.76. The van der Waals surface area contributed by atoms with Gasteiger partial charge in [-0.1, -0.05) is 36.9 Å². The molecule has 3 saturated heterocycles. The molecular formula is C33H34F2N6O2. The molecule has 10 heteroatoms. The van der Waals surface area contributed by atoms with E-state index in [4.69, 9.17) is 9.72 Å². The monoisotopic (exact) mass is 584 g/mol. The number of likely N-dealkylation sites (N-methyl/N-ethyl adjacent to an activating group) is 1. The molecular weight excluding hydrogens is 550 g/mol. The zero-order chi connectivity index (χ0) is 29.7. The minimum atomic E-state index is -0.661. The third-order valence-corrected chi connectivity index (χ3v) is 9.57. The van der Waals surface area contributed by atoms with Gasteiger partial charge in [0.2, 0.25) is 5.91 Å². The van der Waals surface area contributed by atoms with E-state index in [1.165, 1.54) is 12.1 Å². The molecule has 1 unspecified atom stereocenters. The molecule has 0 N–H and O–H groups in total.